The van der Waals surface area contributed by atoms with Crippen LogP contribution in [0.15, 0.2) is 0 Å². The molecule has 0 saturated carbocycles. The van der Waals surface area contributed by atoms with E-state index in [4.69, 9.17) is 5.11 Å². The highest BCUT2D eigenvalue weighted by Crippen LogP contribution is 2.18. The second kappa shape index (κ2) is 5.35. The number of carboxylic acids is 1. The van der Waals surface area contributed by atoms with Crippen LogP contribution in [0.5, 0.6) is 0 Å². The topological polar surface area (TPSA) is 66.8 Å². The molecule has 1 fully saturated rings. The number of ether oxygens (including phenoxy) is 1. The number of carbonyl (C=O) groups excluding carboxylic acids is 1. The standard InChI is InChI=1S/C9H12F3NO4/c10-9(11,12)5-17-4-7(14)13-3-1-2-6(13)8(15)16/h6H,1-5H2,(H,15,16)/t6-/m1/s1. The number of hydrogen-bond acceptors (Lipinski definition) is 3. The molecule has 0 spiro atoms. The molecule has 1 N–H and O–H groups in total. The molecule has 0 unspecified atom stereocenters. The van der Waals surface area contributed by atoms with Gasteiger partial charge in [0.05, 0.1) is 0 Å². The van der Waals surface area contributed by atoms with E-state index in [0.29, 0.717) is 12.8 Å². The lowest BCUT2D eigenvalue weighted by Crippen LogP contribution is -2.42. The maximum absolute atomic E-state index is 11.7. The molecule has 0 aromatic heterocycles. The average Bonchev–Trinajstić information content (AvgIpc) is 2.63. The van der Waals surface area contributed by atoms with Crippen molar-refractivity contribution in [3.8, 4) is 0 Å². The summed E-state index contributed by atoms with van der Waals surface area (Å²) in [5, 5.41) is 8.77. The van der Waals surface area contributed by atoms with Crippen LogP contribution in [0.1, 0.15) is 12.8 Å². The second-order valence-electron chi connectivity index (χ2n) is 3.69. The number of nitrogens with zero attached hydrogens (tertiary/aromatic N) is 1. The van der Waals surface area contributed by atoms with Gasteiger partial charge in [-0.15, -0.1) is 0 Å². The van der Waals surface area contributed by atoms with Crippen LogP contribution in [0.25, 0.3) is 0 Å². The van der Waals surface area contributed by atoms with Crippen molar-refractivity contribution in [1.29, 1.82) is 0 Å². The Hall–Kier alpha value is -1.31. The summed E-state index contributed by atoms with van der Waals surface area (Å²) in [6.45, 7) is -2.02. The lowest BCUT2D eigenvalue weighted by Gasteiger charge is -2.21. The first-order valence-electron chi connectivity index (χ1n) is 4.98. The zero-order chi connectivity index (χ0) is 13.1. The first-order chi connectivity index (χ1) is 7.81. The molecule has 1 aliphatic rings. The number of likely N-dealkylation sites (tertiary alicyclic amines) is 1. The third-order valence-corrected chi connectivity index (χ3v) is 2.35. The molecule has 1 amide bonds. The molecular weight excluding hydrogens is 243 g/mol. The Morgan fingerprint density at radius 2 is 2.06 bits per heavy atom. The van der Waals surface area contributed by atoms with Crippen LogP contribution in [0.3, 0.4) is 0 Å². The fraction of sp³-hybridized carbons (Fsp3) is 0.778. The second-order valence-corrected chi connectivity index (χ2v) is 3.69. The summed E-state index contributed by atoms with van der Waals surface area (Å²) in [5.74, 6) is -1.87. The molecule has 0 aliphatic carbocycles. The number of hydrogen-bond donors (Lipinski definition) is 1. The van der Waals surface area contributed by atoms with Gasteiger partial charge in [0.25, 0.3) is 0 Å². The number of aliphatic carboxylic acids is 1. The quantitative estimate of drug-likeness (QED) is 0.800. The van der Waals surface area contributed by atoms with Crippen LogP contribution < -0.4 is 0 Å². The molecule has 98 valence electrons. The van der Waals surface area contributed by atoms with Crippen LogP contribution >= 0.6 is 0 Å². The maximum atomic E-state index is 11.7. The van der Waals surface area contributed by atoms with Gasteiger partial charge in [0.2, 0.25) is 5.91 Å². The number of amides is 1. The van der Waals surface area contributed by atoms with Gasteiger partial charge in [-0.25, -0.2) is 4.79 Å². The Morgan fingerprint density at radius 3 is 2.59 bits per heavy atom. The predicted octanol–water partition coefficient (Wildman–Crippen LogP) is 0.641. The van der Waals surface area contributed by atoms with Gasteiger partial charge in [-0.1, -0.05) is 0 Å². The largest absolute Gasteiger partial charge is 0.480 e. The van der Waals surface area contributed by atoms with E-state index in [1.807, 2.05) is 0 Å². The zero-order valence-electron chi connectivity index (χ0n) is 8.87. The molecule has 1 atom stereocenters. The van der Waals surface area contributed by atoms with E-state index >= 15 is 0 Å². The molecular formula is C9H12F3NO4. The van der Waals surface area contributed by atoms with Gasteiger partial charge in [0.1, 0.15) is 19.3 Å². The van der Waals surface area contributed by atoms with Crippen LogP contribution in [-0.2, 0) is 14.3 Å². The number of carbonyl (C=O) groups is 2. The van der Waals surface area contributed by atoms with E-state index < -0.39 is 37.3 Å². The third kappa shape index (κ3) is 4.22. The van der Waals surface area contributed by atoms with Crippen molar-refractivity contribution in [3.05, 3.63) is 0 Å². The molecule has 1 rings (SSSR count). The molecule has 0 aromatic carbocycles. The van der Waals surface area contributed by atoms with E-state index in [2.05, 4.69) is 4.74 Å². The normalized spacial score (nSPS) is 20.6. The van der Waals surface area contributed by atoms with E-state index in [0.717, 1.165) is 4.90 Å². The summed E-state index contributed by atoms with van der Waals surface area (Å²) >= 11 is 0. The van der Waals surface area contributed by atoms with Gasteiger partial charge in [-0.3, -0.25) is 4.79 Å². The first-order valence-corrected chi connectivity index (χ1v) is 4.98. The Balaban J connectivity index is 2.40. The maximum Gasteiger partial charge on any atom is 0.411 e. The van der Waals surface area contributed by atoms with Gasteiger partial charge in [-0.2, -0.15) is 13.2 Å². The SMILES string of the molecule is O=C(O)[C@H]1CCCN1C(=O)COCC(F)(F)F. The smallest absolute Gasteiger partial charge is 0.411 e. The minimum absolute atomic E-state index is 0.241. The van der Waals surface area contributed by atoms with Crippen LogP contribution in [-0.4, -0.2) is 53.9 Å². The highest BCUT2D eigenvalue weighted by Gasteiger charge is 2.34. The minimum atomic E-state index is -4.49. The molecule has 1 saturated heterocycles. The van der Waals surface area contributed by atoms with Gasteiger partial charge in [0.15, 0.2) is 0 Å². The summed E-state index contributed by atoms with van der Waals surface area (Å²) in [7, 11) is 0. The van der Waals surface area contributed by atoms with E-state index in [-0.39, 0.29) is 6.54 Å². The van der Waals surface area contributed by atoms with Crippen molar-refractivity contribution in [2.45, 2.75) is 25.1 Å². The molecule has 0 bridgehead atoms. The summed E-state index contributed by atoms with van der Waals surface area (Å²) < 4.78 is 39.4. The van der Waals surface area contributed by atoms with Crippen molar-refractivity contribution in [2.24, 2.45) is 0 Å². The van der Waals surface area contributed by atoms with E-state index in [1.165, 1.54) is 0 Å². The summed E-state index contributed by atoms with van der Waals surface area (Å²) in [6.07, 6.45) is -3.64. The third-order valence-electron chi connectivity index (χ3n) is 2.35. The number of halogens is 3. The molecule has 0 aromatic rings. The molecule has 5 nitrogen and oxygen atoms in total. The Bertz CT molecular complexity index is 305. The lowest BCUT2D eigenvalue weighted by atomic mass is 10.2. The van der Waals surface area contributed by atoms with Gasteiger partial charge in [-0.05, 0) is 12.8 Å². The zero-order valence-corrected chi connectivity index (χ0v) is 8.87. The summed E-state index contributed by atoms with van der Waals surface area (Å²) in [5.41, 5.74) is 0. The summed E-state index contributed by atoms with van der Waals surface area (Å²) in [4.78, 5) is 23.2. The van der Waals surface area contributed by atoms with Crippen molar-refractivity contribution in [1.82, 2.24) is 4.90 Å². The molecule has 17 heavy (non-hydrogen) atoms. The van der Waals surface area contributed by atoms with Crippen molar-refractivity contribution in [2.75, 3.05) is 19.8 Å². The fourth-order valence-electron chi connectivity index (χ4n) is 1.66. The van der Waals surface area contributed by atoms with Crippen LogP contribution in [0.2, 0.25) is 0 Å². The molecule has 0 radical (unpaired) electrons. The average molecular weight is 255 g/mol. The Morgan fingerprint density at radius 1 is 1.41 bits per heavy atom. The highest BCUT2D eigenvalue weighted by atomic mass is 19.4. The van der Waals surface area contributed by atoms with E-state index in [1.54, 1.807) is 0 Å². The fourth-order valence-corrected chi connectivity index (χ4v) is 1.66. The van der Waals surface area contributed by atoms with Crippen molar-refractivity contribution >= 4 is 11.9 Å². The van der Waals surface area contributed by atoms with Crippen molar-refractivity contribution in [3.63, 3.8) is 0 Å². The van der Waals surface area contributed by atoms with E-state index in [9.17, 15) is 22.8 Å². The van der Waals surface area contributed by atoms with Crippen LogP contribution in [0, 0.1) is 0 Å². The van der Waals surface area contributed by atoms with Gasteiger partial charge < -0.3 is 14.7 Å². The Labute approximate surface area is 95.1 Å². The lowest BCUT2D eigenvalue weighted by molar-refractivity contribution is -0.178. The highest BCUT2D eigenvalue weighted by molar-refractivity contribution is 5.84. The predicted molar refractivity (Wildman–Crippen MR) is 49.2 cm³/mol. The first kappa shape index (κ1) is 13.8. The summed E-state index contributed by atoms with van der Waals surface area (Å²) in [6, 6.07) is -0.947. The molecule has 1 aliphatic heterocycles. The minimum Gasteiger partial charge on any atom is -0.480 e. The van der Waals surface area contributed by atoms with Crippen molar-refractivity contribution < 1.29 is 32.6 Å². The van der Waals surface area contributed by atoms with Gasteiger partial charge in [0, 0.05) is 6.54 Å². The van der Waals surface area contributed by atoms with Gasteiger partial charge >= 0.3 is 12.1 Å². The number of rotatable bonds is 4. The Kier molecular flexibility index (Phi) is 4.33. The monoisotopic (exact) mass is 255 g/mol. The van der Waals surface area contributed by atoms with Crippen LogP contribution in [0.4, 0.5) is 13.2 Å². The molecule has 1 heterocycles. The number of carboxylic acid groups (broad SMARTS) is 1. The molecule has 8 heteroatoms. The number of alkyl halides is 3.